The second kappa shape index (κ2) is 7.92. The maximum atomic E-state index is 11.7. The zero-order chi connectivity index (χ0) is 14.3. The van der Waals surface area contributed by atoms with Gasteiger partial charge in [0.1, 0.15) is 6.10 Å². The molecule has 0 saturated carbocycles. The minimum Gasteiger partial charge on any atom is -0.372 e. The van der Waals surface area contributed by atoms with Crippen LogP contribution in [-0.2, 0) is 16.1 Å². The van der Waals surface area contributed by atoms with Gasteiger partial charge in [-0.3, -0.25) is 9.69 Å². The van der Waals surface area contributed by atoms with Gasteiger partial charge < -0.3 is 10.1 Å². The number of methoxy groups -OCH3 is 1. The summed E-state index contributed by atoms with van der Waals surface area (Å²) in [6.45, 7) is 8.97. The van der Waals surface area contributed by atoms with Crippen molar-refractivity contribution >= 4 is 11.6 Å². The fourth-order valence-electron chi connectivity index (χ4n) is 1.80. The third-order valence-electron chi connectivity index (χ3n) is 3.22. The maximum Gasteiger partial charge on any atom is 0.253 e. The Balaban J connectivity index is 2.69. The summed E-state index contributed by atoms with van der Waals surface area (Å²) >= 11 is 0. The molecule has 1 amide bonds. The van der Waals surface area contributed by atoms with Gasteiger partial charge in [-0.2, -0.15) is 0 Å². The zero-order valence-corrected chi connectivity index (χ0v) is 12.3. The van der Waals surface area contributed by atoms with Crippen LogP contribution < -0.4 is 5.32 Å². The van der Waals surface area contributed by atoms with Crippen molar-refractivity contribution in [1.82, 2.24) is 4.90 Å². The molecule has 0 aliphatic carbocycles. The third-order valence-corrected chi connectivity index (χ3v) is 3.22. The predicted molar refractivity (Wildman–Crippen MR) is 78.2 cm³/mol. The number of ether oxygens (including phenoxy) is 1. The van der Waals surface area contributed by atoms with Crippen molar-refractivity contribution in [2.75, 3.05) is 25.5 Å². The second-order valence-corrected chi connectivity index (χ2v) is 4.53. The molecule has 0 heterocycles. The summed E-state index contributed by atoms with van der Waals surface area (Å²) < 4.78 is 4.99. The SMILES string of the molecule is CCN(CC)Cc1cccc(NC(=O)C(C)OC)c1. The van der Waals surface area contributed by atoms with Crippen LogP contribution in [0.3, 0.4) is 0 Å². The molecular formula is C15H24N2O2. The summed E-state index contributed by atoms with van der Waals surface area (Å²) in [7, 11) is 1.53. The van der Waals surface area contributed by atoms with Crippen LogP contribution >= 0.6 is 0 Å². The zero-order valence-electron chi connectivity index (χ0n) is 12.3. The number of carbonyl (C=O) groups excluding carboxylic acids is 1. The number of benzene rings is 1. The molecule has 0 radical (unpaired) electrons. The Hall–Kier alpha value is -1.39. The average molecular weight is 264 g/mol. The summed E-state index contributed by atoms with van der Waals surface area (Å²) in [4.78, 5) is 14.1. The first-order valence-electron chi connectivity index (χ1n) is 6.75. The fraction of sp³-hybridized carbons (Fsp3) is 0.533. The van der Waals surface area contributed by atoms with Crippen molar-refractivity contribution in [3.63, 3.8) is 0 Å². The molecule has 0 aliphatic rings. The highest BCUT2D eigenvalue weighted by atomic mass is 16.5. The Morgan fingerprint density at radius 3 is 2.63 bits per heavy atom. The molecule has 1 unspecified atom stereocenters. The van der Waals surface area contributed by atoms with Crippen molar-refractivity contribution in [3.05, 3.63) is 29.8 Å². The number of carbonyl (C=O) groups is 1. The van der Waals surface area contributed by atoms with E-state index in [0.29, 0.717) is 0 Å². The van der Waals surface area contributed by atoms with E-state index in [1.807, 2.05) is 18.2 Å². The smallest absolute Gasteiger partial charge is 0.253 e. The average Bonchev–Trinajstić information content (AvgIpc) is 2.44. The van der Waals surface area contributed by atoms with Crippen LogP contribution in [0.5, 0.6) is 0 Å². The van der Waals surface area contributed by atoms with E-state index in [2.05, 4.69) is 30.1 Å². The monoisotopic (exact) mass is 264 g/mol. The summed E-state index contributed by atoms with van der Waals surface area (Å²) in [6, 6.07) is 7.95. The first kappa shape index (κ1) is 15.7. The Morgan fingerprint density at radius 1 is 1.37 bits per heavy atom. The van der Waals surface area contributed by atoms with Gasteiger partial charge in [-0.15, -0.1) is 0 Å². The highest BCUT2D eigenvalue weighted by Crippen LogP contribution is 2.13. The molecule has 4 heteroatoms. The molecule has 1 aromatic rings. The molecule has 1 aromatic carbocycles. The molecule has 0 saturated heterocycles. The molecule has 0 aromatic heterocycles. The van der Waals surface area contributed by atoms with E-state index in [-0.39, 0.29) is 5.91 Å². The molecule has 0 bridgehead atoms. The Morgan fingerprint density at radius 2 is 2.05 bits per heavy atom. The predicted octanol–water partition coefficient (Wildman–Crippen LogP) is 2.50. The molecule has 19 heavy (non-hydrogen) atoms. The molecule has 1 atom stereocenters. The second-order valence-electron chi connectivity index (χ2n) is 4.53. The van der Waals surface area contributed by atoms with E-state index in [4.69, 9.17) is 4.74 Å². The molecule has 0 spiro atoms. The lowest BCUT2D eigenvalue weighted by Crippen LogP contribution is -2.26. The summed E-state index contributed by atoms with van der Waals surface area (Å²) in [5, 5.41) is 2.86. The molecule has 106 valence electrons. The molecule has 0 aliphatic heterocycles. The van der Waals surface area contributed by atoms with Crippen LogP contribution in [0.2, 0.25) is 0 Å². The highest BCUT2D eigenvalue weighted by Gasteiger charge is 2.11. The molecule has 1 rings (SSSR count). The number of nitrogens with zero attached hydrogens (tertiary/aromatic N) is 1. The number of anilines is 1. The van der Waals surface area contributed by atoms with Gasteiger partial charge in [0.05, 0.1) is 0 Å². The Kier molecular flexibility index (Phi) is 6.53. The number of hydrogen-bond donors (Lipinski definition) is 1. The third kappa shape index (κ3) is 5.01. The van der Waals surface area contributed by atoms with Gasteiger partial charge in [0, 0.05) is 19.3 Å². The quantitative estimate of drug-likeness (QED) is 0.822. The molecular weight excluding hydrogens is 240 g/mol. The van der Waals surface area contributed by atoms with Gasteiger partial charge in [0.2, 0.25) is 0 Å². The lowest BCUT2D eigenvalue weighted by atomic mass is 10.2. The number of nitrogens with one attached hydrogen (secondary N) is 1. The minimum atomic E-state index is -0.438. The first-order valence-corrected chi connectivity index (χ1v) is 6.75. The normalized spacial score (nSPS) is 12.5. The van der Waals surface area contributed by atoms with Crippen molar-refractivity contribution in [3.8, 4) is 0 Å². The van der Waals surface area contributed by atoms with Crippen LogP contribution in [0, 0.1) is 0 Å². The Bertz CT molecular complexity index is 403. The number of rotatable bonds is 7. The topological polar surface area (TPSA) is 41.6 Å². The largest absolute Gasteiger partial charge is 0.372 e. The van der Waals surface area contributed by atoms with Crippen LogP contribution in [0.1, 0.15) is 26.3 Å². The van der Waals surface area contributed by atoms with Gasteiger partial charge in [-0.25, -0.2) is 0 Å². The lowest BCUT2D eigenvalue weighted by Gasteiger charge is -2.18. The van der Waals surface area contributed by atoms with E-state index in [9.17, 15) is 4.79 Å². The maximum absolute atomic E-state index is 11.7. The van der Waals surface area contributed by atoms with Crippen molar-refractivity contribution in [1.29, 1.82) is 0 Å². The highest BCUT2D eigenvalue weighted by molar-refractivity contribution is 5.93. The summed E-state index contributed by atoms with van der Waals surface area (Å²) in [5.41, 5.74) is 2.02. The van der Waals surface area contributed by atoms with Gasteiger partial charge in [0.25, 0.3) is 5.91 Å². The molecule has 4 nitrogen and oxygen atoms in total. The van der Waals surface area contributed by atoms with E-state index in [1.165, 1.54) is 12.7 Å². The Labute approximate surface area is 115 Å². The van der Waals surface area contributed by atoms with Gasteiger partial charge in [-0.05, 0) is 37.7 Å². The summed E-state index contributed by atoms with van der Waals surface area (Å²) in [5.74, 6) is -0.123. The van der Waals surface area contributed by atoms with E-state index in [1.54, 1.807) is 6.92 Å². The number of hydrogen-bond acceptors (Lipinski definition) is 3. The van der Waals surface area contributed by atoms with Crippen LogP contribution in [-0.4, -0.2) is 37.1 Å². The molecule has 0 fully saturated rings. The van der Waals surface area contributed by atoms with Gasteiger partial charge >= 0.3 is 0 Å². The van der Waals surface area contributed by atoms with E-state index < -0.39 is 6.10 Å². The van der Waals surface area contributed by atoms with Crippen LogP contribution in [0.25, 0.3) is 0 Å². The van der Waals surface area contributed by atoms with Gasteiger partial charge in [-0.1, -0.05) is 26.0 Å². The van der Waals surface area contributed by atoms with Crippen molar-refractivity contribution < 1.29 is 9.53 Å². The van der Waals surface area contributed by atoms with Gasteiger partial charge in [0.15, 0.2) is 0 Å². The van der Waals surface area contributed by atoms with E-state index >= 15 is 0 Å². The summed E-state index contributed by atoms with van der Waals surface area (Å²) in [6.07, 6.45) is -0.438. The fourth-order valence-corrected chi connectivity index (χ4v) is 1.80. The number of amides is 1. The molecule has 1 N–H and O–H groups in total. The standard InChI is InChI=1S/C15H24N2O2/c1-5-17(6-2)11-13-8-7-9-14(10-13)16-15(18)12(3)19-4/h7-10,12H,5-6,11H2,1-4H3,(H,16,18). The van der Waals surface area contributed by atoms with Crippen molar-refractivity contribution in [2.24, 2.45) is 0 Å². The van der Waals surface area contributed by atoms with Crippen LogP contribution in [0.4, 0.5) is 5.69 Å². The van der Waals surface area contributed by atoms with Crippen LogP contribution in [0.15, 0.2) is 24.3 Å². The van der Waals surface area contributed by atoms with Crippen molar-refractivity contribution in [2.45, 2.75) is 33.4 Å². The lowest BCUT2D eigenvalue weighted by molar-refractivity contribution is -0.124. The van der Waals surface area contributed by atoms with E-state index in [0.717, 1.165) is 25.3 Å². The first-order chi connectivity index (χ1) is 9.10. The minimum absolute atomic E-state index is 0.123.